The van der Waals surface area contributed by atoms with Gasteiger partial charge in [0.2, 0.25) is 0 Å². The molecule has 1 atom stereocenters. The largest absolute Gasteiger partial charge is 0.481 e. The SMILES string of the molecule is CC(C)CC(C)C(=O)O. The van der Waals surface area contributed by atoms with Gasteiger partial charge >= 0.3 is 5.97 Å². The minimum absolute atomic E-state index is 0.190. The van der Waals surface area contributed by atoms with Gasteiger partial charge < -0.3 is 5.11 Å². The van der Waals surface area contributed by atoms with Crippen LogP contribution in [0.2, 0.25) is 0 Å². The van der Waals surface area contributed by atoms with Gasteiger partial charge in [0.15, 0.2) is 0 Å². The zero-order chi connectivity index (χ0) is 7.44. The van der Waals surface area contributed by atoms with Crippen molar-refractivity contribution in [1.29, 1.82) is 0 Å². The van der Waals surface area contributed by atoms with Crippen LogP contribution in [-0.2, 0) is 4.79 Å². The number of rotatable bonds is 3. The Kier molecular flexibility index (Phi) is 3.28. The number of hydrogen-bond donors (Lipinski definition) is 1. The average molecular weight is 130 g/mol. The number of carboxylic acid groups (broad SMARTS) is 1. The molecule has 0 aromatic carbocycles. The van der Waals surface area contributed by atoms with Gasteiger partial charge in [-0.3, -0.25) is 4.79 Å². The normalized spacial score (nSPS) is 13.8. The Hall–Kier alpha value is -0.530. The highest BCUT2D eigenvalue weighted by Crippen LogP contribution is 2.09. The van der Waals surface area contributed by atoms with Gasteiger partial charge in [0.05, 0.1) is 5.92 Å². The van der Waals surface area contributed by atoms with Crippen molar-refractivity contribution in [1.82, 2.24) is 0 Å². The van der Waals surface area contributed by atoms with Crippen LogP contribution < -0.4 is 0 Å². The first-order valence-corrected chi connectivity index (χ1v) is 3.26. The van der Waals surface area contributed by atoms with Crippen LogP contribution in [0.4, 0.5) is 0 Å². The van der Waals surface area contributed by atoms with Crippen LogP contribution in [0, 0.1) is 11.8 Å². The van der Waals surface area contributed by atoms with Crippen molar-refractivity contribution in [2.45, 2.75) is 27.2 Å². The lowest BCUT2D eigenvalue weighted by molar-refractivity contribution is -0.141. The summed E-state index contributed by atoms with van der Waals surface area (Å²) in [7, 11) is 0. The molecule has 2 heteroatoms. The second kappa shape index (κ2) is 3.49. The monoisotopic (exact) mass is 130 g/mol. The third kappa shape index (κ3) is 4.01. The van der Waals surface area contributed by atoms with E-state index >= 15 is 0 Å². The molecule has 0 amide bonds. The number of aliphatic carboxylic acids is 1. The van der Waals surface area contributed by atoms with E-state index in [1.54, 1.807) is 6.92 Å². The van der Waals surface area contributed by atoms with Gasteiger partial charge in [0, 0.05) is 0 Å². The summed E-state index contributed by atoms with van der Waals surface area (Å²) in [5.41, 5.74) is 0. The van der Waals surface area contributed by atoms with E-state index < -0.39 is 5.97 Å². The molecule has 0 aromatic rings. The maximum atomic E-state index is 10.2. The summed E-state index contributed by atoms with van der Waals surface area (Å²) in [5.74, 6) is -0.398. The minimum Gasteiger partial charge on any atom is -0.481 e. The Labute approximate surface area is 55.9 Å². The molecule has 0 radical (unpaired) electrons. The fraction of sp³-hybridized carbons (Fsp3) is 0.857. The molecule has 1 unspecified atom stereocenters. The first kappa shape index (κ1) is 8.47. The summed E-state index contributed by atoms with van der Waals surface area (Å²) >= 11 is 0. The van der Waals surface area contributed by atoms with Gasteiger partial charge in [-0.15, -0.1) is 0 Å². The molecule has 9 heavy (non-hydrogen) atoms. The summed E-state index contributed by atoms with van der Waals surface area (Å²) in [4.78, 5) is 10.2. The van der Waals surface area contributed by atoms with Gasteiger partial charge in [-0.05, 0) is 12.3 Å². The topological polar surface area (TPSA) is 37.3 Å². The summed E-state index contributed by atoms with van der Waals surface area (Å²) in [6, 6.07) is 0. The predicted molar refractivity (Wildman–Crippen MR) is 36.3 cm³/mol. The van der Waals surface area contributed by atoms with Crippen molar-refractivity contribution < 1.29 is 9.90 Å². The lowest BCUT2D eigenvalue weighted by Crippen LogP contribution is -2.11. The van der Waals surface area contributed by atoms with E-state index in [9.17, 15) is 4.79 Å². The lowest BCUT2D eigenvalue weighted by atomic mass is 9.99. The van der Waals surface area contributed by atoms with Gasteiger partial charge in [0.25, 0.3) is 0 Å². The van der Waals surface area contributed by atoms with Crippen molar-refractivity contribution in [3.05, 3.63) is 0 Å². The first-order chi connectivity index (χ1) is 4.04. The number of hydrogen-bond acceptors (Lipinski definition) is 1. The molecule has 1 N–H and O–H groups in total. The molecular weight excluding hydrogens is 116 g/mol. The summed E-state index contributed by atoms with van der Waals surface area (Å²) < 4.78 is 0. The zero-order valence-electron chi connectivity index (χ0n) is 6.22. The van der Waals surface area contributed by atoms with E-state index in [1.165, 1.54) is 0 Å². The van der Waals surface area contributed by atoms with Gasteiger partial charge in [-0.1, -0.05) is 20.8 Å². The maximum Gasteiger partial charge on any atom is 0.306 e. The Morgan fingerprint density at radius 3 is 2.00 bits per heavy atom. The van der Waals surface area contributed by atoms with E-state index in [0.717, 1.165) is 6.42 Å². The van der Waals surface area contributed by atoms with Crippen LogP contribution in [0.3, 0.4) is 0 Å². The third-order valence-corrected chi connectivity index (χ3v) is 1.25. The summed E-state index contributed by atoms with van der Waals surface area (Å²) in [5, 5.41) is 8.43. The standard InChI is InChI=1S/C7H14O2/c1-5(2)4-6(3)7(8)9/h5-6H,4H2,1-3H3,(H,8,9). The third-order valence-electron chi connectivity index (χ3n) is 1.25. The molecule has 0 aliphatic carbocycles. The van der Waals surface area contributed by atoms with E-state index in [-0.39, 0.29) is 5.92 Å². The van der Waals surface area contributed by atoms with Crippen molar-refractivity contribution >= 4 is 5.97 Å². The summed E-state index contributed by atoms with van der Waals surface area (Å²) in [6.07, 6.45) is 0.773. The van der Waals surface area contributed by atoms with Crippen LogP contribution in [0.5, 0.6) is 0 Å². The molecule has 0 saturated heterocycles. The molecule has 2 nitrogen and oxygen atoms in total. The Balaban J connectivity index is 3.50. The molecule has 0 saturated carbocycles. The highest BCUT2D eigenvalue weighted by molar-refractivity contribution is 5.69. The molecule has 0 heterocycles. The molecule has 0 bridgehead atoms. The molecular formula is C7H14O2. The highest BCUT2D eigenvalue weighted by atomic mass is 16.4. The molecule has 54 valence electrons. The van der Waals surface area contributed by atoms with Crippen molar-refractivity contribution in [3.63, 3.8) is 0 Å². The van der Waals surface area contributed by atoms with Crippen molar-refractivity contribution in [2.24, 2.45) is 11.8 Å². The van der Waals surface area contributed by atoms with Crippen LogP contribution in [0.25, 0.3) is 0 Å². The van der Waals surface area contributed by atoms with Gasteiger partial charge in [-0.25, -0.2) is 0 Å². The second-order valence-electron chi connectivity index (χ2n) is 2.87. The first-order valence-electron chi connectivity index (χ1n) is 3.26. The van der Waals surface area contributed by atoms with E-state index in [2.05, 4.69) is 0 Å². The molecule has 0 aliphatic heterocycles. The molecule has 0 aromatic heterocycles. The van der Waals surface area contributed by atoms with Gasteiger partial charge in [-0.2, -0.15) is 0 Å². The molecule has 0 rings (SSSR count). The second-order valence-corrected chi connectivity index (χ2v) is 2.87. The smallest absolute Gasteiger partial charge is 0.306 e. The average Bonchev–Trinajstić information content (AvgIpc) is 1.63. The highest BCUT2D eigenvalue weighted by Gasteiger charge is 2.11. The predicted octanol–water partition coefficient (Wildman–Crippen LogP) is 1.75. The quantitative estimate of drug-likeness (QED) is 0.632. The Bertz CT molecular complexity index is 97.1. The maximum absolute atomic E-state index is 10.2. The zero-order valence-corrected chi connectivity index (χ0v) is 6.22. The van der Waals surface area contributed by atoms with E-state index in [0.29, 0.717) is 5.92 Å². The molecule has 0 fully saturated rings. The molecule has 0 aliphatic rings. The van der Waals surface area contributed by atoms with Gasteiger partial charge in [0.1, 0.15) is 0 Å². The number of carboxylic acids is 1. The van der Waals surface area contributed by atoms with Crippen LogP contribution in [-0.4, -0.2) is 11.1 Å². The van der Waals surface area contributed by atoms with E-state index in [4.69, 9.17) is 5.11 Å². The fourth-order valence-electron chi connectivity index (χ4n) is 0.808. The van der Waals surface area contributed by atoms with Crippen LogP contribution in [0.1, 0.15) is 27.2 Å². The number of carbonyl (C=O) groups is 1. The molecule has 0 spiro atoms. The van der Waals surface area contributed by atoms with Crippen LogP contribution >= 0.6 is 0 Å². The van der Waals surface area contributed by atoms with Crippen molar-refractivity contribution in [3.8, 4) is 0 Å². The fourth-order valence-corrected chi connectivity index (χ4v) is 0.808. The van der Waals surface area contributed by atoms with E-state index in [1.807, 2.05) is 13.8 Å². The lowest BCUT2D eigenvalue weighted by Gasteiger charge is -2.07. The summed E-state index contributed by atoms with van der Waals surface area (Å²) in [6.45, 7) is 5.79. The Morgan fingerprint density at radius 2 is 1.89 bits per heavy atom. The van der Waals surface area contributed by atoms with Crippen LogP contribution in [0.15, 0.2) is 0 Å². The minimum atomic E-state index is -0.691. The van der Waals surface area contributed by atoms with Crippen molar-refractivity contribution in [2.75, 3.05) is 0 Å². The Morgan fingerprint density at radius 1 is 1.44 bits per heavy atom.